The number of hydrogen-bond acceptors (Lipinski definition) is 5. The van der Waals surface area contributed by atoms with E-state index in [0.29, 0.717) is 10.7 Å². The zero-order chi connectivity index (χ0) is 13.2. The second-order valence-corrected chi connectivity index (χ2v) is 5.28. The molecule has 0 fully saturated rings. The van der Waals surface area contributed by atoms with Gasteiger partial charge in [0.1, 0.15) is 0 Å². The highest BCUT2D eigenvalue weighted by Crippen LogP contribution is 2.20. The Hall–Kier alpha value is -2.05. The molecule has 0 saturated carbocycles. The second kappa shape index (κ2) is 4.91. The van der Waals surface area contributed by atoms with Crippen molar-refractivity contribution in [1.29, 1.82) is 0 Å². The maximum Gasteiger partial charge on any atom is 0.257 e. The number of rotatable bonds is 2. The monoisotopic (exact) mass is 290 g/mol. The van der Waals surface area contributed by atoms with Crippen molar-refractivity contribution in [3.8, 4) is 0 Å². The van der Waals surface area contributed by atoms with Gasteiger partial charge in [-0.3, -0.25) is 15.1 Å². The number of carbonyl (C=O) groups excluding carboxylic acids is 1. The summed E-state index contributed by atoms with van der Waals surface area (Å²) < 4.78 is 0.287. The van der Waals surface area contributed by atoms with Crippen LogP contribution in [0.1, 0.15) is 10.4 Å². The summed E-state index contributed by atoms with van der Waals surface area (Å²) in [6.07, 6.45) is 1.69. The molecule has 0 radical (unpaired) electrons. The molecule has 3 aromatic rings. The Kier molecular flexibility index (Phi) is 3.10. The number of aromatic nitrogens is 3. The lowest BCUT2D eigenvalue weighted by molar-refractivity contribution is 0.102. The minimum absolute atomic E-state index is 0.264. The molecule has 19 heavy (non-hydrogen) atoms. The highest BCUT2D eigenvalue weighted by Gasteiger charge is 2.10. The van der Waals surface area contributed by atoms with Crippen LogP contribution in [0.4, 0.5) is 5.13 Å². The number of nitrogens with zero attached hydrogens (tertiary/aromatic N) is 3. The minimum Gasteiger partial charge on any atom is -0.296 e. The van der Waals surface area contributed by atoms with Crippen LogP contribution in [-0.4, -0.2) is 21.1 Å². The summed E-state index contributed by atoms with van der Waals surface area (Å²) in [6, 6.07) is 9.11. The predicted octanol–water partition coefficient (Wildman–Crippen LogP) is 2.99. The normalized spacial score (nSPS) is 10.6. The number of benzene rings is 1. The zero-order valence-electron chi connectivity index (χ0n) is 9.50. The molecule has 3 rings (SSSR count). The largest absolute Gasteiger partial charge is 0.296 e. The van der Waals surface area contributed by atoms with E-state index < -0.39 is 0 Å². The van der Waals surface area contributed by atoms with Crippen molar-refractivity contribution in [2.24, 2.45) is 0 Å². The molecule has 2 aromatic heterocycles. The maximum absolute atomic E-state index is 12.0. The summed E-state index contributed by atoms with van der Waals surface area (Å²) >= 11 is 6.76. The molecule has 0 bridgehead atoms. The van der Waals surface area contributed by atoms with Gasteiger partial charge >= 0.3 is 0 Å². The van der Waals surface area contributed by atoms with Crippen LogP contribution in [0, 0.1) is 0 Å². The van der Waals surface area contributed by atoms with Crippen molar-refractivity contribution in [3.05, 3.63) is 46.6 Å². The highest BCUT2D eigenvalue weighted by molar-refractivity contribution is 7.19. The van der Waals surface area contributed by atoms with Gasteiger partial charge in [-0.2, -0.15) is 0 Å². The highest BCUT2D eigenvalue weighted by atomic mass is 35.5. The Balaban J connectivity index is 1.89. The summed E-state index contributed by atoms with van der Waals surface area (Å²) in [5.74, 6) is -0.264. The Morgan fingerprint density at radius 1 is 1.26 bits per heavy atom. The fourth-order valence-electron chi connectivity index (χ4n) is 1.63. The topological polar surface area (TPSA) is 67.8 Å². The number of halogens is 1. The van der Waals surface area contributed by atoms with Gasteiger partial charge in [-0.05, 0) is 29.8 Å². The van der Waals surface area contributed by atoms with Crippen LogP contribution in [0.3, 0.4) is 0 Å². The SMILES string of the molecule is O=C(Nc1nnc(Cl)s1)c1ccc2cccnc2c1. The Bertz CT molecular complexity index is 758. The van der Waals surface area contributed by atoms with Crippen molar-refractivity contribution in [2.75, 3.05) is 5.32 Å². The number of amides is 1. The predicted molar refractivity (Wildman–Crippen MR) is 74.6 cm³/mol. The van der Waals surface area contributed by atoms with E-state index in [9.17, 15) is 4.79 Å². The second-order valence-electron chi connectivity index (χ2n) is 3.73. The third-order valence-corrected chi connectivity index (χ3v) is 3.42. The average molecular weight is 291 g/mol. The third kappa shape index (κ3) is 2.54. The molecule has 0 aliphatic heterocycles. The third-order valence-electron chi connectivity index (χ3n) is 2.49. The van der Waals surface area contributed by atoms with E-state index in [2.05, 4.69) is 20.5 Å². The van der Waals surface area contributed by atoms with E-state index in [-0.39, 0.29) is 10.4 Å². The van der Waals surface area contributed by atoms with E-state index >= 15 is 0 Å². The molecule has 0 unspecified atom stereocenters. The molecule has 1 N–H and O–H groups in total. The number of hydrogen-bond donors (Lipinski definition) is 1. The van der Waals surface area contributed by atoms with Crippen LogP contribution in [0.5, 0.6) is 0 Å². The Labute approximate surface area is 117 Å². The lowest BCUT2D eigenvalue weighted by Crippen LogP contribution is -2.11. The quantitative estimate of drug-likeness (QED) is 0.788. The van der Waals surface area contributed by atoms with Crippen LogP contribution >= 0.6 is 22.9 Å². The molecule has 1 amide bonds. The zero-order valence-corrected chi connectivity index (χ0v) is 11.1. The van der Waals surface area contributed by atoms with Crippen LogP contribution in [-0.2, 0) is 0 Å². The molecule has 1 aromatic carbocycles. The lowest BCUT2D eigenvalue weighted by Gasteiger charge is -2.02. The average Bonchev–Trinajstić information content (AvgIpc) is 2.83. The standard InChI is InChI=1S/C12H7ClN4OS/c13-11-16-17-12(19-11)15-10(18)8-4-3-7-2-1-5-14-9(7)6-8/h1-6H,(H,15,17,18). The molecule has 94 valence electrons. The van der Waals surface area contributed by atoms with E-state index in [1.165, 1.54) is 0 Å². The summed E-state index contributed by atoms with van der Waals surface area (Å²) in [6.45, 7) is 0. The molecule has 0 spiro atoms. The molecule has 0 saturated heterocycles. The number of nitrogens with one attached hydrogen (secondary N) is 1. The summed E-state index contributed by atoms with van der Waals surface area (Å²) in [4.78, 5) is 16.2. The van der Waals surface area contributed by atoms with E-state index in [0.717, 1.165) is 22.2 Å². The first-order valence-corrected chi connectivity index (χ1v) is 6.57. The van der Waals surface area contributed by atoms with Gasteiger partial charge in [-0.1, -0.05) is 23.5 Å². The van der Waals surface area contributed by atoms with E-state index in [1.54, 1.807) is 18.3 Å². The number of carbonyl (C=O) groups is 1. The summed E-state index contributed by atoms with van der Waals surface area (Å²) in [5.41, 5.74) is 1.28. The Morgan fingerprint density at radius 2 is 2.16 bits per heavy atom. The van der Waals surface area contributed by atoms with Crippen molar-refractivity contribution >= 4 is 44.9 Å². The molecule has 2 heterocycles. The fraction of sp³-hybridized carbons (Fsp3) is 0. The van der Waals surface area contributed by atoms with Crippen LogP contribution in [0.15, 0.2) is 36.5 Å². The molecular formula is C12H7ClN4OS. The molecule has 5 nitrogen and oxygen atoms in total. The molecule has 0 aliphatic rings. The van der Waals surface area contributed by atoms with Crippen molar-refractivity contribution in [1.82, 2.24) is 15.2 Å². The first-order chi connectivity index (χ1) is 9.22. The number of anilines is 1. The van der Waals surface area contributed by atoms with Gasteiger partial charge in [0.15, 0.2) is 0 Å². The van der Waals surface area contributed by atoms with Crippen molar-refractivity contribution in [2.45, 2.75) is 0 Å². The fourth-order valence-corrected chi connectivity index (χ4v) is 2.36. The van der Waals surface area contributed by atoms with Gasteiger partial charge < -0.3 is 0 Å². The molecule has 0 atom stereocenters. The van der Waals surface area contributed by atoms with E-state index in [4.69, 9.17) is 11.6 Å². The maximum atomic E-state index is 12.0. The molecular weight excluding hydrogens is 284 g/mol. The smallest absolute Gasteiger partial charge is 0.257 e. The summed E-state index contributed by atoms with van der Waals surface area (Å²) in [7, 11) is 0. The van der Waals surface area contributed by atoms with Crippen LogP contribution < -0.4 is 5.32 Å². The van der Waals surface area contributed by atoms with Crippen molar-refractivity contribution in [3.63, 3.8) is 0 Å². The van der Waals surface area contributed by atoms with Crippen molar-refractivity contribution < 1.29 is 4.79 Å². The van der Waals surface area contributed by atoms with Gasteiger partial charge in [0.05, 0.1) is 5.52 Å². The van der Waals surface area contributed by atoms with Gasteiger partial charge in [0.25, 0.3) is 5.91 Å². The lowest BCUT2D eigenvalue weighted by atomic mass is 10.1. The van der Waals surface area contributed by atoms with Gasteiger partial charge in [0.2, 0.25) is 9.60 Å². The van der Waals surface area contributed by atoms with E-state index in [1.807, 2.05) is 18.2 Å². The van der Waals surface area contributed by atoms with Crippen LogP contribution in [0.2, 0.25) is 4.47 Å². The minimum atomic E-state index is -0.264. The molecule has 0 aliphatic carbocycles. The molecule has 7 heteroatoms. The van der Waals surface area contributed by atoms with Gasteiger partial charge in [-0.25, -0.2) is 0 Å². The number of fused-ring (bicyclic) bond motifs is 1. The first-order valence-electron chi connectivity index (χ1n) is 5.37. The summed E-state index contributed by atoms with van der Waals surface area (Å²) in [5, 5.41) is 11.3. The Morgan fingerprint density at radius 3 is 2.95 bits per heavy atom. The van der Waals surface area contributed by atoms with Crippen LogP contribution in [0.25, 0.3) is 10.9 Å². The van der Waals surface area contributed by atoms with Gasteiger partial charge in [-0.15, -0.1) is 10.2 Å². The first kappa shape index (κ1) is 12.0. The van der Waals surface area contributed by atoms with Gasteiger partial charge in [0, 0.05) is 17.1 Å². The number of pyridine rings is 1.